The summed E-state index contributed by atoms with van der Waals surface area (Å²) >= 11 is 0. The molecule has 0 saturated carbocycles. The monoisotopic (exact) mass is 305 g/mol. The Morgan fingerprint density at radius 3 is 2.57 bits per heavy atom. The summed E-state index contributed by atoms with van der Waals surface area (Å²) in [7, 11) is 1.99. The lowest BCUT2D eigenvalue weighted by Crippen LogP contribution is -2.19. The van der Waals surface area contributed by atoms with E-state index in [-0.39, 0.29) is 6.04 Å². The van der Waals surface area contributed by atoms with E-state index in [0.29, 0.717) is 22.1 Å². The number of para-hydroxylation sites is 1. The number of ether oxygens (including phenoxy) is 2. The summed E-state index contributed by atoms with van der Waals surface area (Å²) in [5.74, 6) is 1.73. The van der Waals surface area contributed by atoms with Gasteiger partial charge in [-0.05, 0) is 24.3 Å². The van der Waals surface area contributed by atoms with Crippen LogP contribution in [0.1, 0.15) is 11.6 Å². The van der Waals surface area contributed by atoms with Gasteiger partial charge < -0.3 is 15.2 Å². The Balaban J connectivity index is 2.15. The van der Waals surface area contributed by atoms with Crippen LogP contribution in [0, 0.1) is 0 Å². The standard InChI is InChI=1S/C16H19NO3S/c1-19-12-6-5-7-13(10-12)21(18)11-15(17)14-8-3-4-9-16(14)20-2/h3-10,15H,11,17H2,1-2H3. The molecule has 112 valence electrons. The van der Waals surface area contributed by atoms with Crippen LogP contribution in [0.2, 0.25) is 0 Å². The second kappa shape index (κ2) is 7.24. The Kier molecular flexibility index (Phi) is 5.36. The SMILES string of the molecule is COc1cccc(S(=O)CC(N)c2ccccc2OC)c1. The molecular weight excluding hydrogens is 286 g/mol. The summed E-state index contributed by atoms with van der Waals surface area (Å²) in [5, 5.41) is 0. The van der Waals surface area contributed by atoms with Crippen LogP contribution in [0.5, 0.6) is 11.5 Å². The van der Waals surface area contributed by atoms with E-state index in [9.17, 15) is 4.21 Å². The van der Waals surface area contributed by atoms with Gasteiger partial charge in [-0.3, -0.25) is 4.21 Å². The number of nitrogens with two attached hydrogens (primary N) is 1. The first-order valence-electron chi connectivity index (χ1n) is 6.56. The van der Waals surface area contributed by atoms with Crippen molar-refractivity contribution in [3.63, 3.8) is 0 Å². The van der Waals surface area contributed by atoms with E-state index in [1.165, 1.54) is 0 Å². The minimum atomic E-state index is -1.20. The highest BCUT2D eigenvalue weighted by atomic mass is 32.2. The molecule has 0 aromatic heterocycles. The Labute approximate surface area is 127 Å². The molecule has 0 spiro atoms. The van der Waals surface area contributed by atoms with Crippen LogP contribution in [0.25, 0.3) is 0 Å². The number of hydrogen-bond donors (Lipinski definition) is 1. The third-order valence-electron chi connectivity index (χ3n) is 3.17. The fraction of sp³-hybridized carbons (Fsp3) is 0.250. The highest BCUT2D eigenvalue weighted by molar-refractivity contribution is 7.85. The molecule has 2 aromatic carbocycles. The topological polar surface area (TPSA) is 61.5 Å². The van der Waals surface area contributed by atoms with E-state index in [1.807, 2.05) is 42.5 Å². The van der Waals surface area contributed by atoms with E-state index in [1.54, 1.807) is 20.3 Å². The van der Waals surface area contributed by atoms with E-state index in [0.717, 1.165) is 5.56 Å². The van der Waals surface area contributed by atoms with Crippen LogP contribution in [-0.2, 0) is 10.8 Å². The van der Waals surface area contributed by atoms with Gasteiger partial charge in [-0.2, -0.15) is 0 Å². The first-order chi connectivity index (χ1) is 10.2. The van der Waals surface area contributed by atoms with Crippen LogP contribution < -0.4 is 15.2 Å². The average Bonchev–Trinajstić information content (AvgIpc) is 2.54. The van der Waals surface area contributed by atoms with Crippen molar-refractivity contribution in [3.8, 4) is 11.5 Å². The molecule has 0 aliphatic rings. The van der Waals surface area contributed by atoms with Gasteiger partial charge in [0.2, 0.25) is 0 Å². The molecule has 4 nitrogen and oxygen atoms in total. The fourth-order valence-electron chi connectivity index (χ4n) is 2.06. The zero-order valence-electron chi connectivity index (χ0n) is 12.1. The second-order valence-electron chi connectivity index (χ2n) is 4.54. The molecule has 0 amide bonds. The minimum absolute atomic E-state index is 0.327. The molecule has 0 saturated heterocycles. The maximum absolute atomic E-state index is 12.4. The van der Waals surface area contributed by atoms with Gasteiger partial charge >= 0.3 is 0 Å². The second-order valence-corrected chi connectivity index (χ2v) is 6.04. The summed E-state index contributed by atoms with van der Waals surface area (Å²) < 4.78 is 22.9. The number of benzene rings is 2. The molecule has 0 heterocycles. The molecular formula is C16H19NO3S. The van der Waals surface area contributed by atoms with Gasteiger partial charge in [0.1, 0.15) is 11.5 Å². The number of methoxy groups -OCH3 is 2. The van der Waals surface area contributed by atoms with Crippen molar-refractivity contribution in [2.24, 2.45) is 5.73 Å². The summed E-state index contributed by atoms with van der Waals surface area (Å²) in [6.07, 6.45) is 0. The number of hydrogen-bond acceptors (Lipinski definition) is 4. The van der Waals surface area contributed by atoms with Gasteiger partial charge in [0.25, 0.3) is 0 Å². The van der Waals surface area contributed by atoms with E-state index < -0.39 is 10.8 Å². The molecule has 2 rings (SSSR count). The summed E-state index contributed by atoms with van der Waals surface area (Å²) in [6.45, 7) is 0. The molecule has 0 fully saturated rings. The van der Waals surface area contributed by atoms with Crippen molar-refractivity contribution in [1.29, 1.82) is 0 Å². The Bertz CT molecular complexity index is 630. The Hall–Kier alpha value is -1.85. The molecule has 0 aliphatic carbocycles. The maximum atomic E-state index is 12.4. The predicted molar refractivity (Wildman–Crippen MR) is 84.2 cm³/mol. The lowest BCUT2D eigenvalue weighted by atomic mass is 10.1. The number of rotatable bonds is 6. The Morgan fingerprint density at radius 2 is 1.86 bits per heavy atom. The zero-order valence-corrected chi connectivity index (χ0v) is 12.9. The third kappa shape index (κ3) is 3.83. The van der Waals surface area contributed by atoms with Gasteiger partial charge in [0.15, 0.2) is 0 Å². The lowest BCUT2D eigenvalue weighted by molar-refractivity contribution is 0.407. The van der Waals surface area contributed by atoms with E-state index in [2.05, 4.69) is 0 Å². The summed E-state index contributed by atoms with van der Waals surface area (Å²) in [5.41, 5.74) is 7.03. The van der Waals surface area contributed by atoms with Crippen LogP contribution in [0.15, 0.2) is 53.4 Å². The van der Waals surface area contributed by atoms with E-state index in [4.69, 9.17) is 15.2 Å². The van der Waals surface area contributed by atoms with Crippen LogP contribution >= 0.6 is 0 Å². The molecule has 0 radical (unpaired) electrons. The molecule has 2 aromatic rings. The third-order valence-corrected chi connectivity index (χ3v) is 4.62. The maximum Gasteiger partial charge on any atom is 0.123 e. The average molecular weight is 305 g/mol. The normalized spacial score (nSPS) is 13.5. The van der Waals surface area contributed by atoms with Crippen LogP contribution in [-0.4, -0.2) is 24.2 Å². The molecule has 0 aliphatic heterocycles. The predicted octanol–water partition coefficient (Wildman–Crippen LogP) is 2.51. The highest BCUT2D eigenvalue weighted by Gasteiger charge is 2.16. The first kappa shape index (κ1) is 15.5. The van der Waals surface area contributed by atoms with Crippen molar-refractivity contribution in [3.05, 3.63) is 54.1 Å². The largest absolute Gasteiger partial charge is 0.497 e. The molecule has 2 unspecified atom stereocenters. The van der Waals surface area contributed by atoms with Gasteiger partial charge in [-0.25, -0.2) is 0 Å². The molecule has 2 N–H and O–H groups in total. The van der Waals surface area contributed by atoms with Crippen molar-refractivity contribution in [1.82, 2.24) is 0 Å². The molecule has 21 heavy (non-hydrogen) atoms. The van der Waals surface area contributed by atoms with E-state index >= 15 is 0 Å². The first-order valence-corrected chi connectivity index (χ1v) is 7.88. The van der Waals surface area contributed by atoms with Gasteiger partial charge in [0.05, 0.1) is 25.0 Å². The minimum Gasteiger partial charge on any atom is -0.497 e. The highest BCUT2D eigenvalue weighted by Crippen LogP contribution is 2.25. The quantitative estimate of drug-likeness (QED) is 0.891. The molecule has 0 bridgehead atoms. The van der Waals surface area contributed by atoms with Crippen LogP contribution in [0.3, 0.4) is 0 Å². The van der Waals surface area contributed by atoms with Gasteiger partial charge in [-0.1, -0.05) is 24.3 Å². The van der Waals surface area contributed by atoms with Crippen LogP contribution in [0.4, 0.5) is 0 Å². The fourth-order valence-corrected chi connectivity index (χ4v) is 3.24. The zero-order chi connectivity index (χ0) is 15.2. The lowest BCUT2D eigenvalue weighted by Gasteiger charge is -2.15. The van der Waals surface area contributed by atoms with Crippen molar-refractivity contribution < 1.29 is 13.7 Å². The smallest absolute Gasteiger partial charge is 0.123 e. The summed E-state index contributed by atoms with van der Waals surface area (Å²) in [6, 6.07) is 14.4. The summed E-state index contributed by atoms with van der Waals surface area (Å²) in [4.78, 5) is 0.708. The van der Waals surface area contributed by atoms with Gasteiger partial charge in [0, 0.05) is 22.3 Å². The van der Waals surface area contributed by atoms with Crippen molar-refractivity contribution in [2.75, 3.05) is 20.0 Å². The Morgan fingerprint density at radius 1 is 1.10 bits per heavy atom. The van der Waals surface area contributed by atoms with Crippen molar-refractivity contribution in [2.45, 2.75) is 10.9 Å². The molecule has 5 heteroatoms. The molecule has 2 atom stereocenters. The van der Waals surface area contributed by atoms with Gasteiger partial charge in [-0.15, -0.1) is 0 Å². The van der Waals surface area contributed by atoms with Crippen molar-refractivity contribution >= 4 is 10.8 Å².